The molecule has 0 aromatic rings. The SMILES string of the molecule is C=C(C)C(=O)O.C[N+](C)(C)CCCOO.[Cl-]. The van der Waals surface area contributed by atoms with Gasteiger partial charge in [-0.2, -0.15) is 0 Å². The van der Waals surface area contributed by atoms with E-state index >= 15 is 0 Å². The highest BCUT2D eigenvalue weighted by Crippen LogP contribution is 1.92. The fourth-order valence-corrected chi connectivity index (χ4v) is 0.603. The summed E-state index contributed by atoms with van der Waals surface area (Å²) in [6, 6.07) is 0. The van der Waals surface area contributed by atoms with Crippen molar-refractivity contribution in [2.75, 3.05) is 34.3 Å². The lowest BCUT2D eigenvalue weighted by atomic mass is 10.4. The highest BCUT2D eigenvalue weighted by atomic mass is 35.5. The van der Waals surface area contributed by atoms with Crippen molar-refractivity contribution >= 4 is 5.97 Å². The third-order valence-corrected chi connectivity index (χ3v) is 1.43. The van der Waals surface area contributed by atoms with Crippen molar-refractivity contribution in [2.45, 2.75) is 13.3 Å². The molecule has 0 spiro atoms. The molecule has 0 saturated carbocycles. The molecule has 0 unspecified atom stereocenters. The normalized spacial score (nSPS) is 9.56. The maximum Gasteiger partial charge on any atom is 0.330 e. The van der Waals surface area contributed by atoms with Crippen molar-refractivity contribution in [3.8, 4) is 0 Å². The van der Waals surface area contributed by atoms with E-state index in [1.807, 2.05) is 0 Å². The van der Waals surface area contributed by atoms with Crippen LogP contribution in [0.1, 0.15) is 13.3 Å². The van der Waals surface area contributed by atoms with Gasteiger partial charge in [0.2, 0.25) is 0 Å². The molecule has 5 nitrogen and oxygen atoms in total. The summed E-state index contributed by atoms with van der Waals surface area (Å²) < 4.78 is 0.920. The second-order valence-corrected chi connectivity index (χ2v) is 4.29. The molecule has 0 rings (SSSR count). The molecule has 0 aliphatic rings. The van der Waals surface area contributed by atoms with Gasteiger partial charge in [0.1, 0.15) is 0 Å². The Kier molecular flexibility index (Phi) is 14.1. The number of hydrogen-bond donors (Lipinski definition) is 2. The van der Waals surface area contributed by atoms with Crippen LogP contribution in [-0.2, 0) is 9.68 Å². The molecule has 0 heterocycles. The Balaban J connectivity index is -0.000000214. The van der Waals surface area contributed by atoms with Gasteiger partial charge in [-0.1, -0.05) is 6.58 Å². The number of rotatable bonds is 5. The van der Waals surface area contributed by atoms with E-state index in [1.165, 1.54) is 6.92 Å². The first kappa shape index (κ1) is 20.8. The highest BCUT2D eigenvalue weighted by Gasteiger charge is 2.04. The molecule has 0 aliphatic carbocycles. The molecule has 0 fully saturated rings. The van der Waals surface area contributed by atoms with Crippen LogP contribution < -0.4 is 12.4 Å². The van der Waals surface area contributed by atoms with Crippen LogP contribution in [0.5, 0.6) is 0 Å². The van der Waals surface area contributed by atoms with Crippen LogP contribution in [0.3, 0.4) is 0 Å². The van der Waals surface area contributed by atoms with E-state index < -0.39 is 5.97 Å². The third-order valence-electron chi connectivity index (χ3n) is 1.43. The second kappa shape index (κ2) is 10.9. The van der Waals surface area contributed by atoms with E-state index in [9.17, 15) is 4.79 Å². The van der Waals surface area contributed by atoms with Crippen molar-refractivity contribution in [2.24, 2.45) is 0 Å². The van der Waals surface area contributed by atoms with Crippen LogP contribution in [0.2, 0.25) is 0 Å². The summed E-state index contributed by atoms with van der Waals surface area (Å²) in [5.41, 5.74) is 0.176. The molecule has 0 amide bonds. The standard InChI is InChI=1S/C6H15NO2.C4H6O2.ClH/c1-7(2,3)5-4-6-9-8;1-3(2)4(5)6;/h4-6H2,1-3H3;1H2,2H3,(H,5,6);1H. The smallest absolute Gasteiger partial charge is 0.330 e. The van der Waals surface area contributed by atoms with Gasteiger partial charge < -0.3 is 22.0 Å². The van der Waals surface area contributed by atoms with Gasteiger partial charge in [0.25, 0.3) is 0 Å². The topological polar surface area (TPSA) is 66.8 Å². The first-order valence-electron chi connectivity index (χ1n) is 4.66. The van der Waals surface area contributed by atoms with Crippen LogP contribution in [0.25, 0.3) is 0 Å². The third kappa shape index (κ3) is 23.3. The van der Waals surface area contributed by atoms with E-state index in [4.69, 9.17) is 10.4 Å². The number of quaternary nitrogens is 1. The van der Waals surface area contributed by atoms with Gasteiger partial charge in [0.15, 0.2) is 0 Å². The van der Waals surface area contributed by atoms with Gasteiger partial charge in [-0.15, -0.1) is 0 Å². The number of aliphatic carboxylic acids is 1. The van der Waals surface area contributed by atoms with Crippen molar-refractivity contribution in [1.29, 1.82) is 0 Å². The largest absolute Gasteiger partial charge is 1.00 e. The van der Waals surface area contributed by atoms with Crippen LogP contribution in [0.4, 0.5) is 0 Å². The molecule has 0 aromatic carbocycles. The van der Waals surface area contributed by atoms with E-state index in [0.29, 0.717) is 6.61 Å². The van der Waals surface area contributed by atoms with Gasteiger partial charge in [-0.25, -0.2) is 9.68 Å². The number of halogens is 1. The second-order valence-electron chi connectivity index (χ2n) is 4.29. The van der Waals surface area contributed by atoms with Crippen molar-refractivity contribution in [3.05, 3.63) is 12.2 Å². The summed E-state index contributed by atoms with van der Waals surface area (Å²) in [4.78, 5) is 13.5. The molecular weight excluding hydrogens is 234 g/mol. The molecule has 0 aromatic heterocycles. The Bertz CT molecular complexity index is 189. The van der Waals surface area contributed by atoms with Crippen LogP contribution in [0.15, 0.2) is 12.2 Å². The summed E-state index contributed by atoms with van der Waals surface area (Å²) in [6.45, 7) is 6.07. The number of hydrogen-bond acceptors (Lipinski definition) is 3. The number of carboxylic acid groups (broad SMARTS) is 1. The van der Waals surface area contributed by atoms with E-state index in [2.05, 4.69) is 32.6 Å². The molecule has 0 saturated heterocycles. The van der Waals surface area contributed by atoms with Crippen molar-refractivity contribution < 1.29 is 36.9 Å². The maximum atomic E-state index is 9.60. The first-order chi connectivity index (χ1) is 6.70. The summed E-state index contributed by atoms with van der Waals surface area (Å²) in [6.07, 6.45) is 0.903. The minimum absolute atomic E-state index is 0. The Labute approximate surface area is 103 Å². The molecule has 98 valence electrons. The molecule has 0 radical (unpaired) electrons. The zero-order chi connectivity index (χ0) is 12.5. The summed E-state index contributed by atoms with van der Waals surface area (Å²) >= 11 is 0. The maximum absolute atomic E-state index is 9.60. The lowest BCUT2D eigenvalue weighted by Crippen LogP contribution is -3.00. The van der Waals surface area contributed by atoms with Crippen LogP contribution in [-0.4, -0.2) is 55.1 Å². The Morgan fingerprint density at radius 3 is 1.94 bits per heavy atom. The Morgan fingerprint density at radius 2 is 1.75 bits per heavy atom. The van der Waals surface area contributed by atoms with Gasteiger partial charge in [0.05, 0.1) is 34.3 Å². The van der Waals surface area contributed by atoms with Crippen LogP contribution in [0, 0.1) is 0 Å². The predicted octanol–water partition coefficient (Wildman–Crippen LogP) is -1.78. The average molecular weight is 256 g/mol. The van der Waals surface area contributed by atoms with Gasteiger partial charge in [0, 0.05) is 12.0 Å². The lowest BCUT2D eigenvalue weighted by Gasteiger charge is -2.23. The van der Waals surface area contributed by atoms with Gasteiger partial charge >= 0.3 is 5.97 Å². The Hall–Kier alpha value is -0.620. The lowest BCUT2D eigenvalue weighted by molar-refractivity contribution is -0.870. The van der Waals surface area contributed by atoms with E-state index in [0.717, 1.165) is 17.4 Å². The van der Waals surface area contributed by atoms with Crippen LogP contribution >= 0.6 is 0 Å². The minimum atomic E-state index is -0.935. The van der Waals surface area contributed by atoms with E-state index in [1.54, 1.807) is 0 Å². The molecule has 6 heteroatoms. The molecule has 0 atom stereocenters. The van der Waals surface area contributed by atoms with Gasteiger partial charge in [-0.3, -0.25) is 5.26 Å². The molecule has 2 N–H and O–H groups in total. The summed E-state index contributed by atoms with van der Waals surface area (Å²) in [7, 11) is 6.33. The number of carboxylic acids is 1. The summed E-state index contributed by atoms with van der Waals surface area (Å²) in [5.74, 6) is -0.935. The number of nitrogens with zero attached hydrogens (tertiary/aromatic N) is 1. The predicted molar refractivity (Wildman–Crippen MR) is 58.5 cm³/mol. The fourth-order valence-electron chi connectivity index (χ4n) is 0.603. The molecule has 0 bridgehead atoms. The number of carbonyl (C=O) groups is 1. The zero-order valence-electron chi connectivity index (χ0n) is 10.4. The monoisotopic (exact) mass is 255 g/mol. The zero-order valence-corrected chi connectivity index (χ0v) is 11.1. The van der Waals surface area contributed by atoms with Crippen molar-refractivity contribution in [3.63, 3.8) is 0 Å². The highest BCUT2D eigenvalue weighted by molar-refractivity contribution is 5.84. The minimum Gasteiger partial charge on any atom is -1.00 e. The quantitative estimate of drug-likeness (QED) is 0.201. The Morgan fingerprint density at radius 1 is 1.38 bits per heavy atom. The van der Waals surface area contributed by atoms with E-state index in [-0.39, 0.29) is 18.0 Å². The fraction of sp³-hybridized carbons (Fsp3) is 0.700. The van der Waals surface area contributed by atoms with Crippen molar-refractivity contribution in [1.82, 2.24) is 0 Å². The molecule has 16 heavy (non-hydrogen) atoms. The molecule has 0 aliphatic heterocycles. The first-order valence-corrected chi connectivity index (χ1v) is 4.66. The summed E-state index contributed by atoms with van der Waals surface area (Å²) in [5, 5.41) is 15.8. The van der Waals surface area contributed by atoms with Gasteiger partial charge in [-0.05, 0) is 6.92 Å². The molecular formula is C10H22ClNO4. The average Bonchev–Trinajstić information content (AvgIpc) is 2.03.